The highest BCUT2D eigenvalue weighted by atomic mass is 16.1. The summed E-state index contributed by atoms with van der Waals surface area (Å²) >= 11 is 0. The molecule has 0 bridgehead atoms. The van der Waals surface area contributed by atoms with Crippen molar-refractivity contribution in [1.29, 1.82) is 0 Å². The molecule has 11 heavy (non-hydrogen) atoms. The first-order valence-corrected chi connectivity index (χ1v) is 3.76. The zero-order valence-corrected chi connectivity index (χ0v) is 7.82. The molecule has 0 saturated heterocycles. The number of nitrogens with one attached hydrogen (secondary N) is 1. The molecule has 0 saturated carbocycles. The highest BCUT2D eigenvalue weighted by Gasteiger charge is 2.10. The Labute approximate surface area is 68.7 Å². The fraction of sp³-hybridized carbons (Fsp3) is 0.667. The van der Waals surface area contributed by atoms with Crippen LogP contribution in [0.15, 0.2) is 12.3 Å². The molecule has 0 aliphatic carbocycles. The van der Waals surface area contributed by atoms with Gasteiger partial charge in [-0.2, -0.15) is 0 Å². The fourth-order valence-corrected chi connectivity index (χ4v) is 0.875. The van der Waals surface area contributed by atoms with E-state index >= 15 is 0 Å². The van der Waals surface area contributed by atoms with E-state index in [0.717, 1.165) is 5.70 Å². The first-order valence-electron chi connectivity index (χ1n) is 3.76. The van der Waals surface area contributed by atoms with Gasteiger partial charge in [0.2, 0.25) is 0 Å². The molecule has 0 spiro atoms. The maximum atomic E-state index is 10.6. The molecule has 0 rings (SSSR count). The van der Waals surface area contributed by atoms with Gasteiger partial charge >= 0.3 is 0 Å². The number of carbonyl (C=O) groups excluding carboxylic acids is 1. The van der Waals surface area contributed by atoms with Crippen LogP contribution in [0.25, 0.3) is 0 Å². The molecular weight excluding hydrogens is 138 g/mol. The average Bonchev–Trinajstić information content (AvgIpc) is 1.53. The summed E-state index contributed by atoms with van der Waals surface area (Å²) in [5, 5.41) is 3.14. The minimum atomic E-state index is 0.00648. The SMILES string of the molecule is C=C(CC(C)=O)NC(C)(C)C. The average molecular weight is 155 g/mol. The minimum absolute atomic E-state index is 0.00648. The van der Waals surface area contributed by atoms with Crippen molar-refractivity contribution in [3.63, 3.8) is 0 Å². The van der Waals surface area contributed by atoms with E-state index in [9.17, 15) is 4.79 Å². The summed E-state index contributed by atoms with van der Waals surface area (Å²) in [6.07, 6.45) is 0.428. The number of ketones is 1. The van der Waals surface area contributed by atoms with E-state index in [1.807, 2.05) is 20.8 Å². The lowest BCUT2D eigenvalue weighted by atomic mass is 10.1. The lowest BCUT2D eigenvalue weighted by Crippen LogP contribution is -2.35. The van der Waals surface area contributed by atoms with Gasteiger partial charge < -0.3 is 5.32 Å². The second-order valence-corrected chi connectivity index (χ2v) is 3.86. The summed E-state index contributed by atoms with van der Waals surface area (Å²) in [5.74, 6) is 0.145. The standard InChI is InChI=1S/C9H17NO/c1-7(6-8(2)11)10-9(3,4)5/h10H,1,6H2,2-5H3. The molecule has 0 aromatic heterocycles. The monoisotopic (exact) mass is 155 g/mol. The van der Waals surface area contributed by atoms with Gasteiger partial charge in [0.25, 0.3) is 0 Å². The van der Waals surface area contributed by atoms with Gasteiger partial charge in [0.1, 0.15) is 5.78 Å². The second kappa shape index (κ2) is 3.56. The predicted octanol–water partition coefficient (Wildman–Crippen LogP) is 1.87. The van der Waals surface area contributed by atoms with Gasteiger partial charge in [-0.3, -0.25) is 4.79 Å². The van der Waals surface area contributed by atoms with Crippen LogP contribution < -0.4 is 5.32 Å². The van der Waals surface area contributed by atoms with Crippen LogP contribution in [0, 0.1) is 0 Å². The lowest BCUT2D eigenvalue weighted by molar-refractivity contribution is -0.116. The van der Waals surface area contributed by atoms with Crippen molar-refractivity contribution in [2.75, 3.05) is 0 Å². The molecule has 0 aromatic carbocycles. The van der Waals surface area contributed by atoms with E-state index in [0.29, 0.717) is 6.42 Å². The molecule has 0 atom stereocenters. The van der Waals surface area contributed by atoms with Crippen LogP contribution >= 0.6 is 0 Å². The van der Waals surface area contributed by atoms with E-state index in [2.05, 4.69) is 11.9 Å². The molecule has 0 amide bonds. The first-order chi connectivity index (χ1) is 4.81. The molecule has 0 aliphatic heterocycles. The summed E-state index contributed by atoms with van der Waals surface area (Å²) in [6, 6.07) is 0. The highest BCUT2D eigenvalue weighted by molar-refractivity contribution is 5.77. The smallest absolute Gasteiger partial charge is 0.135 e. The normalized spacial score (nSPS) is 10.9. The predicted molar refractivity (Wildman–Crippen MR) is 47.3 cm³/mol. The summed E-state index contributed by atoms with van der Waals surface area (Å²) < 4.78 is 0. The van der Waals surface area contributed by atoms with Crippen LogP contribution in [-0.4, -0.2) is 11.3 Å². The Morgan fingerprint density at radius 1 is 1.45 bits per heavy atom. The van der Waals surface area contributed by atoms with E-state index in [1.165, 1.54) is 0 Å². The number of hydrogen-bond donors (Lipinski definition) is 1. The number of Topliss-reactive ketones (excluding diaryl/α,β-unsaturated/α-hetero) is 1. The minimum Gasteiger partial charge on any atom is -0.384 e. The van der Waals surface area contributed by atoms with Crippen molar-refractivity contribution < 1.29 is 4.79 Å². The highest BCUT2D eigenvalue weighted by Crippen LogP contribution is 2.04. The summed E-state index contributed by atoms with van der Waals surface area (Å²) in [6.45, 7) is 11.4. The third-order valence-electron chi connectivity index (χ3n) is 1.01. The number of rotatable bonds is 3. The van der Waals surface area contributed by atoms with Crippen LogP contribution in [-0.2, 0) is 4.79 Å². The first kappa shape index (κ1) is 10.2. The van der Waals surface area contributed by atoms with Gasteiger partial charge in [-0.1, -0.05) is 6.58 Å². The van der Waals surface area contributed by atoms with Gasteiger partial charge in [0.15, 0.2) is 0 Å². The zero-order valence-electron chi connectivity index (χ0n) is 7.82. The molecule has 0 heterocycles. The van der Waals surface area contributed by atoms with Crippen LogP contribution in [0.3, 0.4) is 0 Å². The quantitative estimate of drug-likeness (QED) is 0.674. The van der Waals surface area contributed by atoms with Crippen molar-refractivity contribution in [1.82, 2.24) is 5.32 Å². The number of allylic oxidation sites excluding steroid dienone is 1. The Morgan fingerprint density at radius 3 is 2.18 bits per heavy atom. The van der Waals surface area contributed by atoms with Gasteiger partial charge in [0.05, 0.1) is 0 Å². The van der Waals surface area contributed by atoms with E-state index in [4.69, 9.17) is 0 Å². The van der Waals surface area contributed by atoms with E-state index < -0.39 is 0 Å². The molecule has 0 radical (unpaired) electrons. The Bertz CT molecular complexity index is 165. The second-order valence-electron chi connectivity index (χ2n) is 3.86. The fourth-order valence-electron chi connectivity index (χ4n) is 0.875. The Morgan fingerprint density at radius 2 is 1.91 bits per heavy atom. The Hall–Kier alpha value is -0.790. The molecule has 2 nitrogen and oxygen atoms in total. The van der Waals surface area contributed by atoms with Crippen LogP contribution in [0.5, 0.6) is 0 Å². The van der Waals surface area contributed by atoms with Crippen LogP contribution in [0.2, 0.25) is 0 Å². The molecule has 0 unspecified atom stereocenters. The van der Waals surface area contributed by atoms with E-state index in [1.54, 1.807) is 6.92 Å². The van der Waals surface area contributed by atoms with Gasteiger partial charge in [-0.25, -0.2) is 0 Å². The van der Waals surface area contributed by atoms with Crippen molar-refractivity contribution in [3.8, 4) is 0 Å². The third kappa shape index (κ3) is 7.10. The maximum Gasteiger partial charge on any atom is 0.135 e. The largest absolute Gasteiger partial charge is 0.384 e. The Kier molecular flexibility index (Phi) is 3.30. The summed E-state index contributed by atoms with van der Waals surface area (Å²) in [7, 11) is 0. The number of hydrogen-bond acceptors (Lipinski definition) is 2. The zero-order chi connectivity index (χ0) is 9.07. The molecule has 0 aromatic rings. The van der Waals surface area contributed by atoms with Crippen LogP contribution in [0.1, 0.15) is 34.1 Å². The molecule has 1 N–H and O–H groups in total. The molecule has 64 valence electrons. The Balaban J connectivity index is 3.80. The number of carbonyl (C=O) groups is 1. The van der Waals surface area contributed by atoms with Crippen molar-refractivity contribution >= 4 is 5.78 Å². The molecule has 0 fully saturated rings. The molecule has 0 aliphatic rings. The van der Waals surface area contributed by atoms with Crippen molar-refractivity contribution in [2.24, 2.45) is 0 Å². The third-order valence-corrected chi connectivity index (χ3v) is 1.01. The van der Waals surface area contributed by atoms with Crippen LogP contribution in [0.4, 0.5) is 0 Å². The van der Waals surface area contributed by atoms with E-state index in [-0.39, 0.29) is 11.3 Å². The topological polar surface area (TPSA) is 29.1 Å². The van der Waals surface area contributed by atoms with Crippen molar-refractivity contribution in [3.05, 3.63) is 12.3 Å². The molecule has 2 heteroatoms. The lowest BCUT2D eigenvalue weighted by Gasteiger charge is -2.23. The summed E-state index contributed by atoms with van der Waals surface area (Å²) in [4.78, 5) is 10.6. The molecular formula is C9H17NO. The van der Waals surface area contributed by atoms with Gasteiger partial charge in [-0.05, 0) is 27.7 Å². The summed E-state index contributed by atoms with van der Waals surface area (Å²) in [5.41, 5.74) is 0.803. The van der Waals surface area contributed by atoms with Crippen molar-refractivity contribution in [2.45, 2.75) is 39.7 Å². The van der Waals surface area contributed by atoms with Gasteiger partial charge in [0, 0.05) is 17.7 Å². The maximum absolute atomic E-state index is 10.6. The van der Waals surface area contributed by atoms with Gasteiger partial charge in [-0.15, -0.1) is 0 Å².